The third-order valence-electron chi connectivity index (χ3n) is 4.05. The molecule has 12 heavy (non-hydrogen) atoms. The molecule has 68 valence electrons. The Morgan fingerprint density at radius 3 is 2.83 bits per heavy atom. The highest BCUT2D eigenvalue weighted by molar-refractivity contribution is 5.89. The molecule has 3 atom stereocenters. The average Bonchev–Trinajstić information content (AvgIpc) is 2.28. The van der Waals surface area contributed by atoms with Crippen molar-refractivity contribution in [3.63, 3.8) is 0 Å². The van der Waals surface area contributed by atoms with Crippen LogP contribution in [0, 0.1) is 17.3 Å². The lowest BCUT2D eigenvalue weighted by Crippen LogP contribution is -2.32. The molecule has 2 aliphatic carbocycles. The van der Waals surface area contributed by atoms with Gasteiger partial charge in [-0.25, -0.2) is 0 Å². The van der Waals surface area contributed by atoms with E-state index in [2.05, 4.69) is 13.8 Å². The van der Waals surface area contributed by atoms with Crippen LogP contribution in [0.4, 0.5) is 0 Å². The molecule has 0 aromatic carbocycles. The molecule has 1 heteroatoms. The molecule has 2 saturated carbocycles. The van der Waals surface area contributed by atoms with Gasteiger partial charge in [0.1, 0.15) is 5.78 Å². The summed E-state index contributed by atoms with van der Waals surface area (Å²) < 4.78 is 0. The first kappa shape index (κ1) is 8.28. The van der Waals surface area contributed by atoms with Crippen molar-refractivity contribution < 1.29 is 4.79 Å². The van der Waals surface area contributed by atoms with Gasteiger partial charge in [-0.05, 0) is 25.2 Å². The predicted octanol–water partition coefficient (Wildman–Crippen LogP) is 2.79. The molecule has 0 spiro atoms. The number of Topliss-reactive ketones (excluding diaryl/α,β-unsaturated/α-hetero) is 1. The average molecular weight is 166 g/mol. The van der Waals surface area contributed by atoms with E-state index < -0.39 is 0 Å². The first-order chi connectivity index (χ1) is 5.64. The molecule has 2 fully saturated rings. The second-order valence-electron chi connectivity index (χ2n) is 4.86. The molecule has 0 radical (unpaired) electrons. The largest absolute Gasteiger partial charge is 0.299 e. The zero-order chi connectivity index (χ0) is 8.77. The summed E-state index contributed by atoms with van der Waals surface area (Å²) in [5, 5.41) is 0. The van der Waals surface area contributed by atoms with Crippen molar-refractivity contribution in [3.05, 3.63) is 0 Å². The van der Waals surface area contributed by atoms with Gasteiger partial charge < -0.3 is 0 Å². The number of hydrogen-bond acceptors (Lipinski definition) is 1. The van der Waals surface area contributed by atoms with Crippen molar-refractivity contribution in [2.24, 2.45) is 17.3 Å². The fraction of sp³-hybridized carbons (Fsp3) is 0.909. The van der Waals surface area contributed by atoms with E-state index in [1.54, 1.807) is 0 Å². The highest BCUT2D eigenvalue weighted by atomic mass is 16.1. The van der Waals surface area contributed by atoms with Gasteiger partial charge in [-0.3, -0.25) is 4.79 Å². The molecule has 0 bridgehead atoms. The minimum absolute atomic E-state index is 0.0810. The van der Waals surface area contributed by atoms with Crippen LogP contribution >= 0.6 is 0 Å². The van der Waals surface area contributed by atoms with E-state index in [0.717, 1.165) is 12.8 Å². The minimum Gasteiger partial charge on any atom is -0.299 e. The number of ketones is 1. The van der Waals surface area contributed by atoms with Gasteiger partial charge in [0.05, 0.1) is 0 Å². The van der Waals surface area contributed by atoms with Crippen molar-refractivity contribution >= 4 is 5.78 Å². The summed E-state index contributed by atoms with van der Waals surface area (Å²) in [6.07, 6.45) is 6.23. The van der Waals surface area contributed by atoms with E-state index >= 15 is 0 Å². The molecule has 0 aromatic heterocycles. The molecule has 0 heterocycles. The van der Waals surface area contributed by atoms with E-state index in [1.165, 1.54) is 19.3 Å². The quantitative estimate of drug-likeness (QED) is 0.541. The van der Waals surface area contributed by atoms with Crippen molar-refractivity contribution in [1.29, 1.82) is 0 Å². The summed E-state index contributed by atoms with van der Waals surface area (Å²) in [7, 11) is 0. The van der Waals surface area contributed by atoms with Gasteiger partial charge in [0.25, 0.3) is 0 Å². The van der Waals surface area contributed by atoms with E-state index in [9.17, 15) is 4.79 Å². The summed E-state index contributed by atoms with van der Waals surface area (Å²) in [6.45, 7) is 4.30. The normalized spacial score (nSPS) is 47.7. The van der Waals surface area contributed by atoms with Crippen LogP contribution in [0.5, 0.6) is 0 Å². The zero-order valence-corrected chi connectivity index (χ0v) is 8.10. The molecule has 0 N–H and O–H groups in total. The van der Waals surface area contributed by atoms with E-state index in [0.29, 0.717) is 17.6 Å². The summed E-state index contributed by atoms with van der Waals surface area (Å²) in [4.78, 5) is 11.9. The van der Waals surface area contributed by atoms with Crippen molar-refractivity contribution in [2.45, 2.75) is 46.0 Å². The molecule has 2 rings (SSSR count). The third kappa shape index (κ3) is 0.949. The Morgan fingerprint density at radius 2 is 2.17 bits per heavy atom. The van der Waals surface area contributed by atoms with Gasteiger partial charge >= 0.3 is 0 Å². The minimum atomic E-state index is 0.0810. The zero-order valence-electron chi connectivity index (χ0n) is 8.10. The van der Waals surface area contributed by atoms with Crippen LogP contribution in [0.1, 0.15) is 46.0 Å². The van der Waals surface area contributed by atoms with Crippen molar-refractivity contribution in [2.75, 3.05) is 0 Å². The number of carbonyl (C=O) groups excluding carboxylic acids is 1. The second kappa shape index (κ2) is 2.58. The first-order valence-corrected chi connectivity index (χ1v) is 5.19. The maximum Gasteiger partial charge on any atom is 0.141 e. The highest BCUT2D eigenvalue weighted by Crippen LogP contribution is 2.51. The Bertz CT molecular complexity index is 209. The Hall–Kier alpha value is -0.330. The van der Waals surface area contributed by atoms with Crippen molar-refractivity contribution in [1.82, 2.24) is 0 Å². The van der Waals surface area contributed by atoms with Gasteiger partial charge in [0.15, 0.2) is 0 Å². The summed E-state index contributed by atoms with van der Waals surface area (Å²) in [5.41, 5.74) is 0.0810. The van der Waals surface area contributed by atoms with Gasteiger partial charge in [-0.2, -0.15) is 0 Å². The lowest BCUT2D eigenvalue weighted by Gasteiger charge is -2.34. The maximum atomic E-state index is 11.9. The fourth-order valence-electron chi connectivity index (χ4n) is 3.20. The van der Waals surface area contributed by atoms with Crippen LogP contribution in [-0.2, 0) is 4.79 Å². The molecule has 3 unspecified atom stereocenters. The fourth-order valence-corrected chi connectivity index (χ4v) is 3.20. The number of rotatable bonds is 0. The number of carbonyl (C=O) groups is 1. The molecule has 0 amide bonds. The Balaban J connectivity index is 2.25. The van der Waals surface area contributed by atoms with Crippen LogP contribution < -0.4 is 0 Å². The SMILES string of the molecule is CC1CC2CCCCC2(C)C1=O. The lowest BCUT2D eigenvalue weighted by atomic mass is 9.69. The summed E-state index contributed by atoms with van der Waals surface area (Å²) >= 11 is 0. The van der Waals surface area contributed by atoms with E-state index in [4.69, 9.17) is 0 Å². The molecule has 1 nitrogen and oxygen atoms in total. The standard InChI is InChI=1S/C11H18O/c1-8-7-9-5-3-4-6-11(9,2)10(8)12/h8-9H,3-7H2,1-2H3. The predicted molar refractivity (Wildman–Crippen MR) is 48.9 cm³/mol. The number of fused-ring (bicyclic) bond motifs is 1. The smallest absolute Gasteiger partial charge is 0.141 e. The Morgan fingerprint density at radius 1 is 1.42 bits per heavy atom. The van der Waals surface area contributed by atoms with Crippen LogP contribution in [0.2, 0.25) is 0 Å². The van der Waals surface area contributed by atoms with E-state index in [1.807, 2.05) is 0 Å². The number of hydrogen-bond donors (Lipinski definition) is 0. The van der Waals surface area contributed by atoms with Gasteiger partial charge in [-0.1, -0.05) is 26.7 Å². The van der Waals surface area contributed by atoms with Crippen LogP contribution in [0.3, 0.4) is 0 Å². The Kier molecular flexibility index (Phi) is 1.78. The molecule has 0 aromatic rings. The molecular formula is C11H18O. The van der Waals surface area contributed by atoms with Gasteiger partial charge in [-0.15, -0.1) is 0 Å². The van der Waals surface area contributed by atoms with Crippen LogP contribution in [0.25, 0.3) is 0 Å². The van der Waals surface area contributed by atoms with Crippen LogP contribution in [0.15, 0.2) is 0 Å². The second-order valence-corrected chi connectivity index (χ2v) is 4.86. The van der Waals surface area contributed by atoms with Gasteiger partial charge in [0, 0.05) is 11.3 Å². The lowest BCUT2D eigenvalue weighted by molar-refractivity contribution is -0.130. The summed E-state index contributed by atoms with van der Waals surface area (Å²) in [5.74, 6) is 1.61. The molecular weight excluding hydrogens is 148 g/mol. The molecule has 0 saturated heterocycles. The Labute approximate surface area is 74.5 Å². The van der Waals surface area contributed by atoms with E-state index in [-0.39, 0.29) is 5.41 Å². The maximum absolute atomic E-state index is 11.9. The first-order valence-electron chi connectivity index (χ1n) is 5.19. The van der Waals surface area contributed by atoms with Crippen LogP contribution in [-0.4, -0.2) is 5.78 Å². The molecule has 0 aliphatic heterocycles. The molecule has 2 aliphatic rings. The van der Waals surface area contributed by atoms with Gasteiger partial charge in [0.2, 0.25) is 0 Å². The highest BCUT2D eigenvalue weighted by Gasteiger charge is 2.50. The summed E-state index contributed by atoms with van der Waals surface area (Å²) in [6, 6.07) is 0. The monoisotopic (exact) mass is 166 g/mol. The third-order valence-corrected chi connectivity index (χ3v) is 4.05. The topological polar surface area (TPSA) is 17.1 Å². The van der Waals surface area contributed by atoms with Crippen molar-refractivity contribution in [3.8, 4) is 0 Å².